The molecule has 0 bridgehead atoms. The smallest absolute Gasteiger partial charge is 0.328 e. The zero-order valence-corrected chi connectivity index (χ0v) is 18.0. The number of carbonyl (C=O) groups excluding carboxylic acids is 2. The van der Waals surface area contributed by atoms with E-state index < -0.39 is 32.9 Å². The molecule has 0 aromatic heterocycles. The van der Waals surface area contributed by atoms with E-state index in [4.69, 9.17) is 16.3 Å². The summed E-state index contributed by atoms with van der Waals surface area (Å²) in [6, 6.07) is 11.1. The molecule has 2 aromatic rings. The van der Waals surface area contributed by atoms with Gasteiger partial charge in [0, 0.05) is 10.6 Å². The van der Waals surface area contributed by atoms with Crippen LogP contribution < -0.4 is 0 Å². The number of hydrogen-bond acceptors (Lipinski definition) is 5. The number of esters is 1. The fourth-order valence-corrected chi connectivity index (χ4v) is 5.88. The number of carbonyl (C=O) groups is 2. The fraction of sp³-hybridized carbons (Fsp3) is 0.364. The number of ketones is 1. The quantitative estimate of drug-likeness (QED) is 0.495. The fourth-order valence-electron chi connectivity index (χ4n) is 3.62. The highest BCUT2D eigenvalue weighted by Gasteiger charge is 2.54. The normalized spacial score (nSPS) is 15.8. The van der Waals surface area contributed by atoms with Crippen molar-refractivity contribution in [2.24, 2.45) is 0 Å². The Hall–Kier alpha value is -2.18. The van der Waals surface area contributed by atoms with Crippen molar-refractivity contribution in [2.45, 2.75) is 49.2 Å². The summed E-state index contributed by atoms with van der Waals surface area (Å²) >= 11 is 5.81. The molecular formula is C22H23ClO5S. The molecule has 7 heteroatoms. The summed E-state index contributed by atoms with van der Waals surface area (Å²) in [5.74, 6) is -1.26. The van der Waals surface area contributed by atoms with Crippen LogP contribution in [0.5, 0.6) is 0 Å². The minimum absolute atomic E-state index is 0.114. The first-order valence-electron chi connectivity index (χ1n) is 9.45. The van der Waals surface area contributed by atoms with E-state index in [2.05, 4.69) is 0 Å². The lowest BCUT2D eigenvalue weighted by Gasteiger charge is -2.26. The second-order valence-electron chi connectivity index (χ2n) is 7.46. The summed E-state index contributed by atoms with van der Waals surface area (Å²) < 4.78 is 30.4. The molecule has 1 fully saturated rings. The number of rotatable bonds is 6. The van der Waals surface area contributed by atoms with Gasteiger partial charge in [0.15, 0.2) is 27.0 Å². The van der Waals surface area contributed by atoms with Gasteiger partial charge in [-0.1, -0.05) is 30.5 Å². The van der Waals surface area contributed by atoms with Crippen LogP contribution in [0.15, 0.2) is 47.4 Å². The maximum absolute atomic E-state index is 13.4. The second-order valence-corrected chi connectivity index (χ2v) is 10.2. The molecule has 1 aliphatic carbocycles. The van der Waals surface area contributed by atoms with Crippen molar-refractivity contribution in [3.05, 3.63) is 64.2 Å². The number of benzene rings is 2. The second kappa shape index (κ2) is 8.28. The third-order valence-electron chi connectivity index (χ3n) is 5.59. The van der Waals surface area contributed by atoms with Crippen LogP contribution >= 0.6 is 11.6 Å². The summed E-state index contributed by atoms with van der Waals surface area (Å²) in [4.78, 5) is 25.4. The monoisotopic (exact) mass is 434 g/mol. The Morgan fingerprint density at radius 3 is 2.21 bits per heavy atom. The number of ether oxygens (including phenoxy) is 1. The number of aryl methyl sites for hydroxylation is 2. The Morgan fingerprint density at radius 1 is 1.00 bits per heavy atom. The molecule has 29 heavy (non-hydrogen) atoms. The molecule has 5 nitrogen and oxygen atoms in total. The Balaban J connectivity index is 1.84. The van der Waals surface area contributed by atoms with Crippen LogP contribution in [0.25, 0.3) is 0 Å². The zero-order chi connectivity index (χ0) is 21.2. The molecule has 0 unspecified atom stereocenters. The average Bonchev–Trinajstić information content (AvgIpc) is 3.20. The van der Waals surface area contributed by atoms with Crippen molar-refractivity contribution in [3.8, 4) is 0 Å². The molecule has 0 amide bonds. The average molecular weight is 435 g/mol. The van der Waals surface area contributed by atoms with Crippen LogP contribution in [0.2, 0.25) is 5.02 Å². The van der Waals surface area contributed by atoms with E-state index in [0.717, 1.165) is 11.1 Å². The molecule has 154 valence electrons. The van der Waals surface area contributed by atoms with Crippen LogP contribution in [0.4, 0.5) is 0 Å². The molecule has 1 aliphatic rings. The standard InChI is InChI=1S/C22H23ClO5S/c1-15-5-10-19(13-16(15)2)29(26,27)22(11-3-4-12-22)21(25)28-14-20(24)17-6-8-18(23)9-7-17/h5-10,13H,3-4,11-12,14H2,1-2H3. The predicted molar refractivity (Wildman–Crippen MR) is 111 cm³/mol. The molecule has 0 heterocycles. The topological polar surface area (TPSA) is 77.5 Å². The van der Waals surface area contributed by atoms with Gasteiger partial charge in [-0.25, -0.2) is 8.42 Å². The van der Waals surface area contributed by atoms with Gasteiger partial charge < -0.3 is 4.74 Å². The first kappa shape index (κ1) is 21.5. The van der Waals surface area contributed by atoms with E-state index in [0.29, 0.717) is 23.4 Å². The highest BCUT2D eigenvalue weighted by molar-refractivity contribution is 7.93. The molecule has 1 saturated carbocycles. The minimum atomic E-state index is -3.96. The summed E-state index contributed by atoms with van der Waals surface area (Å²) in [7, 11) is -3.96. The van der Waals surface area contributed by atoms with Crippen molar-refractivity contribution < 1.29 is 22.7 Å². The van der Waals surface area contributed by atoms with E-state index in [-0.39, 0.29) is 17.7 Å². The van der Waals surface area contributed by atoms with Gasteiger partial charge in [-0.2, -0.15) is 0 Å². The summed E-state index contributed by atoms with van der Waals surface area (Å²) in [6.07, 6.45) is 1.61. The van der Waals surface area contributed by atoms with Crippen molar-refractivity contribution in [2.75, 3.05) is 6.61 Å². The zero-order valence-electron chi connectivity index (χ0n) is 16.4. The van der Waals surface area contributed by atoms with Crippen LogP contribution in [0.1, 0.15) is 47.2 Å². The van der Waals surface area contributed by atoms with Crippen LogP contribution in [-0.2, 0) is 19.4 Å². The molecule has 0 atom stereocenters. The Bertz CT molecular complexity index is 1040. The van der Waals surface area contributed by atoms with E-state index in [9.17, 15) is 18.0 Å². The lowest BCUT2D eigenvalue weighted by atomic mass is 10.1. The van der Waals surface area contributed by atoms with E-state index in [1.165, 1.54) is 18.2 Å². The van der Waals surface area contributed by atoms with E-state index in [1.807, 2.05) is 13.8 Å². The molecule has 0 spiro atoms. The van der Waals surface area contributed by atoms with Crippen molar-refractivity contribution in [3.63, 3.8) is 0 Å². The molecule has 0 radical (unpaired) electrons. The Labute approximate surface area is 175 Å². The van der Waals surface area contributed by atoms with Gasteiger partial charge in [-0.15, -0.1) is 0 Å². The summed E-state index contributed by atoms with van der Waals surface area (Å²) in [5.41, 5.74) is 2.16. The first-order valence-corrected chi connectivity index (χ1v) is 11.3. The molecule has 3 rings (SSSR count). The predicted octanol–water partition coefficient (Wildman–Crippen LogP) is 4.47. The third kappa shape index (κ3) is 4.09. The van der Waals surface area contributed by atoms with Gasteiger partial charge in [-0.3, -0.25) is 9.59 Å². The van der Waals surface area contributed by atoms with Crippen LogP contribution in [0.3, 0.4) is 0 Å². The van der Waals surface area contributed by atoms with Gasteiger partial charge in [0.05, 0.1) is 4.90 Å². The SMILES string of the molecule is Cc1ccc(S(=O)(=O)C2(C(=O)OCC(=O)c3ccc(Cl)cc3)CCCC2)cc1C. The third-order valence-corrected chi connectivity index (χ3v) is 8.32. The highest BCUT2D eigenvalue weighted by Crippen LogP contribution is 2.41. The Morgan fingerprint density at radius 2 is 1.62 bits per heavy atom. The van der Waals surface area contributed by atoms with Gasteiger partial charge in [0.2, 0.25) is 0 Å². The Kier molecular flexibility index (Phi) is 6.15. The van der Waals surface area contributed by atoms with Gasteiger partial charge in [0.1, 0.15) is 0 Å². The van der Waals surface area contributed by atoms with Crippen molar-refractivity contribution >= 4 is 33.2 Å². The maximum Gasteiger partial charge on any atom is 0.328 e. The molecule has 2 aromatic carbocycles. The lowest BCUT2D eigenvalue weighted by molar-refractivity contribution is -0.145. The number of halogens is 1. The maximum atomic E-state index is 13.4. The molecule has 0 saturated heterocycles. The lowest BCUT2D eigenvalue weighted by Crippen LogP contribution is -2.45. The number of sulfone groups is 1. The number of Topliss-reactive ketones (excluding diaryl/α,β-unsaturated/α-hetero) is 1. The van der Waals surface area contributed by atoms with Crippen molar-refractivity contribution in [1.82, 2.24) is 0 Å². The van der Waals surface area contributed by atoms with Gasteiger partial charge in [-0.05, 0) is 74.2 Å². The van der Waals surface area contributed by atoms with E-state index >= 15 is 0 Å². The summed E-state index contributed by atoms with van der Waals surface area (Å²) in [6.45, 7) is 3.22. The number of hydrogen-bond donors (Lipinski definition) is 0. The van der Waals surface area contributed by atoms with Gasteiger partial charge >= 0.3 is 5.97 Å². The van der Waals surface area contributed by atoms with Gasteiger partial charge in [0.25, 0.3) is 0 Å². The highest BCUT2D eigenvalue weighted by atomic mass is 35.5. The largest absolute Gasteiger partial charge is 0.456 e. The van der Waals surface area contributed by atoms with Crippen molar-refractivity contribution in [1.29, 1.82) is 0 Å². The molecule has 0 aliphatic heterocycles. The van der Waals surface area contributed by atoms with E-state index in [1.54, 1.807) is 24.3 Å². The van der Waals surface area contributed by atoms with Crippen LogP contribution in [-0.4, -0.2) is 31.5 Å². The molecule has 0 N–H and O–H groups in total. The minimum Gasteiger partial charge on any atom is -0.456 e. The summed E-state index contributed by atoms with van der Waals surface area (Å²) in [5, 5.41) is 0.489. The first-order chi connectivity index (χ1) is 13.7. The molecular weight excluding hydrogens is 412 g/mol. The van der Waals surface area contributed by atoms with Crippen LogP contribution in [0, 0.1) is 13.8 Å².